The molecule has 0 saturated carbocycles. The van der Waals surface area contributed by atoms with E-state index in [0.717, 1.165) is 45.8 Å². The molecular weight excluding hydrogens is 551 g/mol. The quantitative estimate of drug-likeness (QED) is 0.178. The molecule has 6 aromatic carbocycles. The summed E-state index contributed by atoms with van der Waals surface area (Å²) in [6.07, 6.45) is 6.84. The van der Waals surface area contributed by atoms with Gasteiger partial charge in [-0.3, -0.25) is 0 Å². The summed E-state index contributed by atoms with van der Waals surface area (Å²) < 4.78 is 0. The molecular formula is C42H33NS. The molecule has 6 aromatic rings. The average molecular weight is 584 g/mol. The van der Waals surface area contributed by atoms with Gasteiger partial charge in [0, 0.05) is 21.8 Å². The van der Waals surface area contributed by atoms with Crippen LogP contribution in [0.15, 0.2) is 169 Å². The minimum absolute atomic E-state index is 0.978. The molecule has 0 bridgehead atoms. The van der Waals surface area contributed by atoms with Crippen LogP contribution in [0.2, 0.25) is 0 Å². The molecule has 212 valence electrons. The molecule has 1 N–H and O–H groups in total. The summed E-state index contributed by atoms with van der Waals surface area (Å²) >= 11 is 4.72. The van der Waals surface area contributed by atoms with Gasteiger partial charge in [0.2, 0.25) is 0 Å². The van der Waals surface area contributed by atoms with E-state index in [0.29, 0.717) is 0 Å². The average Bonchev–Trinajstić information content (AvgIpc) is 3.10. The summed E-state index contributed by atoms with van der Waals surface area (Å²) in [6.45, 7) is 0. The number of rotatable bonds is 7. The van der Waals surface area contributed by atoms with E-state index >= 15 is 0 Å². The normalized spacial score (nSPS) is 12.8. The van der Waals surface area contributed by atoms with Gasteiger partial charge in [-0.05, 0) is 105 Å². The fourth-order valence-electron chi connectivity index (χ4n) is 5.98. The molecule has 1 aliphatic rings. The van der Waals surface area contributed by atoms with Crippen molar-refractivity contribution in [3.8, 4) is 33.4 Å². The van der Waals surface area contributed by atoms with Crippen molar-refractivity contribution in [2.24, 2.45) is 0 Å². The van der Waals surface area contributed by atoms with Crippen molar-refractivity contribution in [3.63, 3.8) is 0 Å². The molecule has 2 heteroatoms. The first-order chi connectivity index (χ1) is 21.7. The zero-order valence-corrected chi connectivity index (χ0v) is 25.3. The Bertz CT molecular complexity index is 1990. The highest BCUT2D eigenvalue weighted by molar-refractivity contribution is 7.80. The third-order valence-electron chi connectivity index (χ3n) is 8.24. The molecule has 0 atom stereocenters. The molecule has 0 aromatic heterocycles. The van der Waals surface area contributed by atoms with E-state index in [2.05, 4.69) is 151 Å². The zero-order chi connectivity index (χ0) is 29.7. The Morgan fingerprint density at radius 1 is 0.477 bits per heavy atom. The minimum atomic E-state index is 0.978. The lowest BCUT2D eigenvalue weighted by molar-refractivity contribution is 1.06. The second-order valence-electron chi connectivity index (χ2n) is 11.2. The Morgan fingerprint density at radius 2 is 1.09 bits per heavy atom. The van der Waals surface area contributed by atoms with Gasteiger partial charge in [0.25, 0.3) is 0 Å². The van der Waals surface area contributed by atoms with Crippen molar-refractivity contribution in [1.29, 1.82) is 0 Å². The van der Waals surface area contributed by atoms with Crippen LogP contribution in [-0.2, 0) is 0 Å². The molecule has 1 aliphatic carbocycles. The van der Waals surface area contributed by atoms with Crippen LogP contribution < -0.4 is 5.32 Å². The second-order valence-corrected chi connectivity index (χ2v) is 11.6. The number of para-hydroxylation sites is 1. The third kappa shape index (κ3) is 6.04. The topological polar surface area (TPSA) is 12.0 Å². The van der Waals surface area contributed by atoms with Crippen molar-refractivity contribution in [1.82, 2.24) is 0 Å². The zero-order valence-electron chi connectivity index (χ0n) is 24.4. The van der Waals surface area contributed by atoms with E-state index in [1.807, 2.05) is 18.2 Å². The van der Waals surface area contributed by atoms with Crippen LogP contribution in [0.5, 0.6) is 0 Å². The summed E-state index contributed by atoms with van der Waals surface area (Å²) in [7, 11) is 0. The Hall–Kier alpha value is -5.05. The lowest BCUT2D eigenvalue weighted by Gasteiger charge is -2.18. The van der Waals surface area contributed by atoms with E-state index < -0.39 is 0 Å². The van der Waals surface area contributed by atoms with E-state index in [9.17, 15) is 0 Å². The maximum Gasteiger partial charge on any atom is 0.0464 e. The highest BCUT2D eigenvalue weighted by Crippen LogP contribution is 2.38. The number of hydrogen-bond donors (Lipinski definition) is 2. The molecule has 0 amide bonds. The molecule has 0 aliphatic heterocycles. The maximum atomic E-state index is 4.72. The molecule has 0 spiro atoms. The van der Waals surface area contributed by atoms with Crippen LogP contribution in [0.4, 0.5) is 11.4 Å². The summed E-state index contributed by atoms with van der Waals surface area (Å²) in [6, 6.07) is 53.8. The first-order valence-corrected chi connectivity index (χ1v) is 15.6. The second kappa shape index (κ2) is 12.7. The first kappa shape index (κ1) is 27.8. The van der Waals surface area contributed by atoms with Gasteiger partial charge in [0.05, 0.1) is 0 Å². The maximum absolute atomic E-state index is 4.72. The lowest BCUT2D eigenvalue weighted by atomic mass is 9.89. The van der Waals surface area contributed by atoms with Gasteiger partial charge in [-0.2, -0.15) is 0 Å². The first-order valence-electron chi connectivity index (χ1n) is 15.1. The van der Waals surface area contributed by atoms with E-state index in [-0.39, 0.29) is 0 Å². The van der Waals surface area contributed by atoms with Crippen LogP contribution in [0.3, 0.4) is 0 Å². The number of thiol groups is 1. The largest absolute Gasteiger partial charge is 0.355 e. The van der Waals surface area contributed by atoms with Crippen molar-refractivity contribution in [3.05, 3.63) is 175 Å². The molecule has 1 nitrogen and oxygen atoms in total. The lowest BCUT2D eigenvalue weighted by Crippen LogP contribution is -1.96. The number of hydrogen-bond acceptors (Lipinski definition) is 2. The van der Waals surface area contributed by atoms with Crippen molar-refractivity contribution < 1.29 is 0 Å². The Kier molecular flexibility index (Phi) is 7.99. The van der Waals surface area contributed by atoms with Gasteiger partial charge in [-0.1, -0.05) is 121 Å². The van der Waals surface area contributed by atoms with Gasteiger partial charge >= 0.3 is 0 Å². The highest BCUT2D eigenvalue weighted by atomic mass is 32.1. The van der Waals surface area contributed by atoms with Gasteiger partial charge in [-0.15, -0.1) is 12.6 Å². The van der Waals surface area contributed by atoms with E-state index in [4.69, 9.17) is 12.6 Å². The molecule has 0 fully saturated rings. The fourth-order valence-corrected chi connectivity index (χ4v) is 6.27. The van der Waals surface area contributed by atoms with Crippen LogP contribution in [-0.4, -0.2) is 0 Å². The Labute approximate surface area is 265 Å². The molecule has 0 unspecified atom stereocenters. The van der Waals surface area contributed by atoms with E-state index in [1.54, 1.807) is 0 Å². The van der Waals surface area contributed by atoms with Gasteiger partial charge in [0.15, 0.2) is 0 Å². The molecule has 0 radical (unpaired) electrons. The number of allylic oxidation sites excluding steroid dienone is 4. The molecule has 0 heterocycles. The van der Waals surface area contributed by atoms with Gasteiger partial charge in [-0.25, -0.2) is 0 Å². The van der Waals surface area contributed by atoms with Crippen LogP contribution in [0, 0.1) is 0 Å². The molecule has 7 rings (SSSR count). The summed E-state index contributed by atoms with van der Waals surface area (Å²) in [4.78, 5) is 0.978. The summed E-state index contributed by atoms with van der Waals surface area (Å²) in [5.41, 5.74) is 14.3. The van der Waals surface area contributed by atoms with Crippen molar-refractivity contribution >= 4 is 35.1 Å². The van der Waals surface area contributed by atoms with Crippen molar-refractivity contribution in [2.45, 2.75) is 17.7 Å². The molecule has 44 heavy (non-hydrogen) atoms. The van der Waals surface area contributed by atoms with Crippen LogP contribution >= 0.6 is 12.6 Å². The van der Waals surface area contributed by atoms with Gasteiger partial charge in [0.1, 0.15) is 0 Å². The summed E-state index contributed by atoms with van der Waals surface area (Å²) in [5, 5.41) is 3.69. The Morgan fingerprint density at radius 3 is 1.89 bits per heavy atom. The third-order valence-corrected chi connectivity index (χ3v) is 8.63. The van der Waals surface area contributed by atoms with E-state index in [1.165, 1.54) is 39.0 Å². The van der Waals surface area contributed by atoms with Crippen LogP contribution in [0.1, 0.15) is 24.0 Å². The minimum Gasteiger partial charge on any atom is -0.355 e. The summed E-state index contributed by atoms with van der Waals surface area (Å²) in [5.74, 6) is 0. The van der Waals surface area contributed by atoms with Gasteiger partial charge < -0.3 is 5.32 Å². The Balaban J connectivity index is 1.30. The standard InChI is InChI=1S/C42H33NS/c44-42-23-8-7-22-39(42)36-18-10-17-34(27-36)35-24-25-41(43-38-20-5-2-6-21-38)40(29-35)37-19-11-16-33(28-37)32-15-9-14-31(26-32)30-12-3-1-4-13-30/h1-8,10-13,15-29,43-44H,9,14H2. The number of benzene rings is 6. The highest BCUT2D eigenvalue weighted by Gasteiger charge is 2.13. The monoisotopic (exact) mass is 583 g/mol. The fraction of sp³-hybridized carbons (Fsp3) is 0.0476. The molecule has 0 saturated heterocycles. The number of anilines is 2. The smallest absolute Gasteiger partial charge is 0.0464 e. The predicted octanol–water partition coefficient (Wildman–Crippen LogP) is 12.0. The predicted molar refractivity (Wildman–Crippen MR) is 191 cm³/mol. The number of nitrogens with one attached hydrogen (secondary N) is 1. The van der Waals surface area contributed by atoms with Crippen LogP contribution in [0.25, 0.3) is 44.5 Å². The SMILES string of the molecule is Sc1ccccc1-c1cccc(-c2ccc(Nc3ccccc3)c(-c3cccc(C4=CCCC(c5ccccc5)=C4)c3)c2)c1. The van der Waals surface area contributed by atoms with Crippen molar-refractivity contribution in [2.75, 3.05) is 5.32 Å².